The Morgan fingerprint density at radius 2 is 2.12 bits per heavy atom. The van der Waals surface area contributed by atoms with Gasteiger partial charge in [0.15, 0.2) is 5.82 Å². The molecular weight excluding hydrogens is 216 g/mol. The average molecular weight is 234 g/mol. The zero-order valence-corrected chi connectivity index (χ0v) is 10.1. The lowest BCUT2D eigenvalue weighted by molar-refractivity contribution is 0.533. The van der Waals surface area contributed by atoms with Gasteiger partial charge in [0.05, 0.1) is 0 Å². The van der Waals surface area contributed by atoms with Crippen LogP contribution in [0.4, 0.5) is 5.82 Å². The van der Waals surface area contributed by atoms with E-state index in [1.165, 1.54) is 0 Å². The highest BCUT2D eigenvalue weighted by atomic mass is 16.1. The van der Waals surface area contributed by atoms with Crippen molar-refractivity contribution in [1.82, 2.24) is 14.9 Å². The molecule has 0 spiro atoms. The summed E-state index contributed by atoms with van der Waals surface area (Å²) < 4.78 is 1.72. The van der Waals surface area contributed by atoms with Crippen molar-refractivity contribution in [2.75, 3.05) is 31.1 Å². The topological polar surface area (TPSA) is 50.2 Å². The lowest BCUT2D eigenvalue weighted by atomic mass is 10.0. The van der Waals surface area contributed by atoms with Crippen LogP contribution in [0.3, 0.4) is 0 Å². The highest BCUT2D eigenvalue weighted by Gasteiger charge is 2.37. The Balaban J connectivity index is 1.88. The van der Waals surface area contributed by atoms with Crippen molar-refractivity contribution < 1.29 is 0 Å². The first-order valence-corrected chi connectivity index (χ1v) is 6.30. The van der Waals surface area contributed by atoms with E-state index in [-0.39, 0.29) is 5.56 Å². The molecule has 5 nitrogen and oxygen atoms in total. The van der Waals surface area contributed by atoms with Crippen LogP contribution >= 0.6 is 0 Å². The molecule has 1 aromatic heterocycles. The van der Waals surface area contributed by atoms with E-state index in [0.29, 0.717) is 24.2 Å². The van der Waals surface area contributed by atoms with Gasteiger partial charge < -0.3 is 14.8 Å². The monoisotopic (exact) mass is 234 g/mol. The van der Waals surface area contributed by atoms with E-state index in [0.717, 1.165) is 26.2 Å². The fraction of sp³-hybridized carbons (Fsp3) is 0.667. The van der Waals surface area contributed by atoms with E-state index in [1.807, 2.05) is 6.92 Å². The summed E-state index contributed by atoms with van der Waals surface area (Å²) >= 11 is 0. The Morgan fingerprint density at radius 1 is 1.41 bits per heavy atom. The minimum absolute atomic E-state index is 0.0444. The third-order valence-electron chi connectivity index (χ3n) is 3.93. The van der Waals surface area contributed by atoms with E-state index in [9.17, 15) is 4.79 Å². The molecule has 2 aliphatic heterocycles. The Hall–Kier alpha value is -1.36. The SMILES string of the molecule is CCn1ccnc(N2C[C@H]3CNC[C@H]3C2)c1=O. The molecular formula is C12H18N4O. The molecule has 1 aromatic rings. The number of nitrogens with one attached hydrogen (secondary N) is 1. The number of aromatic nitrogens is 2. The normalized spacial score (nSPS) is 27.5. The van der Waals surface area contributed by atoms with Crippen molar-refractivity contribution >= 4 is 5.82 Å². The van der Waals surface area contributed by atoms with E-state index >= 15 is 0 Å². The van der Waals surface area contributed by atoms with Crippen LogP contribution in [0.25, 0.3) is 0 Å². The molecule has 5 heteroatoms. The van der Waals surface area contributed by atoms with Gasteiger partial charge in [-0.2, -0.15) is 0 Å². The van der Waals surface area contributed by atoms with Crippen molar-refractivity contribution in [2.24, 2.45) is 11.8 Å². The first-order chi connectivity index (χ1) is 8.29. The minimum atomic E-state index is 0.0444. The highest BCUT2D eigenvalue weighted by Crippen LogP contribution is 2.27. The molecule has 0 aromatic carbocycles. The van der Waals surface area contributed by atoms with Crippen LogP contribution < -0.4 is 15.8 Å². The van der Waals surface area contributed by atoms with Crippen LogP contribution in [0.15, 0.2) is 17.2 Å². The Bertz CT molecular complexity index is 458. The second-order valence-electron chi connectivity index (χ2n) is 4.93. The molecule has 17 heavy (non-hydrogen) atoms. The summed E-state index contributed by atoms with van der Waals surface area (Å²) in [6, 6.07) is 0. The average Bonchev–Trinajstić information content (AvgIpc) is 2.89. The van der Waals surface area contributed by atoms with Gasteiger partial charge in [-0.25, -0.2) is 4.98 Å². The van der Waals surface area contributed by atoms with E-state index < -0.39 is 0 Å². The van der Waals surface area contributed by atoms with Gasteiger partial charge in [-0.15, -0.1) is 0 Å². The summed E-state index contributed by atoms with van der Waals surface area (Å²) in [6.07, 6.45) is 3.48. The van der Waals surface area contributed by atoms with Crippen LogP contribution in [-0.4, -0.2) is 35.7 Å². The smallest absolute Gasteiger partial charge is 0.293 e. The lowest BCUT2D eigenvalue weighted by Crippen LogP contribution is -2.33. The molecule has 92 valence electrons. The molecule has 2 aliphatic rings. The summed E-state index contributed by atoms with van der Waals surface area (Å²) in [7, 11) is 0. The van der Waals surface area contributed by atoms with Crippen molar-refractivity contribution in [3.63, 3.8) is 0 Å². The van der Waals surface area contributed by atoms with Crippen LogP contribution in [0.2, 0.25) is 0 Å². The van der Waals surface area contributed by atoms with Crippen molar-refractivity contribution in [1.29, 1.82) is 0 Å². The molecule has 0 amide bonds. The van der Waals surface area contributed by atoms with Crippen molar-refractivity contribution in [3.8, 4) is 0 Å². The molecule has 0 saturated carbocycles. The number of anilines is 1. The second kappa shape index (κ2) is 4.14. The van der Waals surface area contributed by atoms with Gasteiger partial charge in [-0.3, -0.25) is 4.79 Å². The third-order valence-corrected chi connectivity index (χ3v) is 3.93. The number of fused-ring (bicyclic) bond motifs is 1. The molecule has 0 bridgehead atoms. The van der Waals surface area contributed by atoms with Gasteiger partial charge in [0.1, 0.15) is 0 Å². The number of hydrogen-bond donors (Lipinski definition) is 1. The first-order valence-electron chi connectivity index (χ1n) is 6.30. The van der Waals surface area contributed by atoms with Gasteiger partial charge in [-0.05, 0) is 18.8 Å². The second-order valence-corrected chi connectivity index (χ2v) is 4.93. The fourth-order valence-corrected chi connectivity index (χ4v) is 2.93. The quantitative estimate of drug-likeness (QED) is 0.777. The largest absolute Gasteiger partial charge is 0.351 e. The summed E-state index contributed by atoms with van der Waals surface area (Å²) in [5.74, 6) is 2.00. The highest BCUT2D eigenvalue weighted by molar-refractivity contribution is 5.38. The zero-order valence-electron chi connectivity index (χ0n) is 10.1. The molecule has 3 rings (SSSR count). The molecule has 2 fully saturated rings. The summed E-state index contributed by atoms with van der Waals surface area (Å²) in [4.78, 5) is 18.6. The van der Waals surface area contributed by atoms with Gasteiger partial charge >= 0.3 is 0 Å². The number of rotatable bonds is 2. The molecule has 0 radical (unpaired) electrons. The van der Waals surface area contributed by atoms with Crippen LogP contribution in [-0.2, 0) is 6.54 Å². The summed E-state index contributed by atoms with van der Waals surface area (Å²) in [5.41, 5.74) is 0.0444. The number of aryl methyl sites for hydroxylation is 1. The van der Waals surface area contributed by atoms with Crippen LogP contribution in [0.5, 0.6) is 0 Å². The Labute approximate surface area is 100 Å². The van der Waals surface area contributed by atoms with Crippen LogP contribution in [0.1, 0.15) is 6.92 Å². The fourth-order valence-electron chi connectivity index (χ4n) is 2.93. The van der Waals surface area contributed by atoms with E-state index in [4.69, 9.17) is 0 Å². The standard InChI is InChI=1S/C12H18N4O/c1-2-15-4-3-14-11(12(15)17)16-7-9-5-13-6-10(9)8-16/h3-4,9-10,13H,2,5-8H2,1H3/t9-,10+. The van der Waals surface area contributed by atoms with Crippen molar-refractivity contribution in [3.05, 3.63) is 22.7 Å². The maximum Gasteiger partial charge on any atom is 0.293 e. The van der Waals surface area contributed by atoms with E-state index in [2.05, 4.69) is 15.2 Å². The van der Waals surface area contributed by atoms with Gasteiger partial charge in [0, 0.05) is 45.1 Å². The summed E-state index contributed by atoms with van der Waals surface area (Å²) in [5, 5.41) is 3.40. The van der Waals surface area contributed by atoms with E-state index in [1.54, 1.807) is 17.0 Å². The molecule has 0 aliphatic carbocycles. The number of hydrogen-bond acceptors (Lipinski definition) is 4. The Morgan fingerprint density at radius 3 is 2.76 bits per heavy atom. The first kappa shape index (κ1) is 10.8. The summed E-state index contributed by atoms with van der Waals surface area (Å²) in [6.45, 7) is 6.78. The Kier molecular flexibility index (Phi) is 2.63. The maximum absolute atomic E-state index is 12.1. The third kappa shape index (κ3) is 1.74. The molecule has 0 unspecified atom stereocenters. The lowest BCUT2D eigenvalue weighted by Gasteiger charge is -2.18. The number of nitrogens with zero attached hydrogens (tertiary/aromatic N) is 3. The minimum Gasteiger partial charge on any atom is -0.351 e. The zero-order chi connectivity index (χ0) is 11.8. The molecule has 2 atom stereocenters. The van der Waals surface area contributed by atoms with Crippen LogP contribution in [0, 0.1) is 11.8 Å². The maximum atomic E-state index is 12.1. The molecule has 2 saturated heterocycles. The predicted molar refractivity (Wildman–Crippen MR) is 66.2 cm³/mol. The van der Waals surface area contributed by atoms with Gasteiger partial charge in [-0.1, -0.05) is 0 Å². The van der Waals surface area contributed by atoms with Crippen molar-refractivity contribution in [2.45, 2.75) is 13.5 Å². The molecule has 3 heterocycles. The van der Waals surface area contributed by atoms with Gasteiger partial charge in [0.2, 0.25) is 0 Å². The van der Waals surface area contributed by atoms with Gasteiger partial charge in [0.25, 0.3) is 5.56 Å². The molecule has 1 N–H and O–H groups in total. The predicted octanol–water partition coefficient (Wildman–Crippen LogP) is -0.0812.